The number of hydrogen-bond donors (Lipinski definition) is 4. The summed E-state index contributed by atoms with van der Waals surface area (Å²) in [4.78, 5) is 17.9. The molecule has 6 N–H and O–H groups in total. The number of nitrogens with zero attached hydrogens (tertiary/aromatic N) is 3. The van der Waals surface area contributed by atoms with Crippen LogP contribution in [-0.4, -0.2) is 26.4 Å². The van der Waals surface area contributed by atoms with Gasteiger partial charge in [-0.05, 0) is 0 Å². The van der Waals surface area contributed by atoms with Gasteiger partial charge in [-0.15, -0.1) is 10.1 Å². The standard InChI is InChI=1S/CH5N5O2.HNO3/c2-1(3)5(4)6(7)8;2-1(3)4/h4H2,(H3,2,3);(H,2,3,4). The molecule has 0 fully saturated rings. The average molecular weight is 182 g/mol. The predicted molar refractivity (Wildman–Crippen MR) is 33.7 cm³/mol. The molecule has 0 heterocycles. The lowest BCUT2D eigenvalue weighted by atomic mass is 11.1. The Morgan fingerprint density at radius 2 is 1.75 bits per heavy atom. The predicted octanol–water partition coefficient (Wildman–Crippen LogP) is -2.10. The van der Waals surface area contributed by atoms with E-state index >= 15 is 0 Å². The van der Waals surface area contributed by atoms with Crippen LogP contribution in [0.3, 0.4) is 0 Å². The van der Waals surface area contributed by atoms with E-state index in [1.54, 1.807) is 0 Å². The van der Waals surface area contributed by atoms with Crippen LogP contribution in [0.2, 0.25) is 0 Å². The lowest BCUT2D eigenvalue weighted by molar-refractivity contribution is -0.742. The minimum absolute atomic E-state index is 0.0833. The molecular formula is CH6N6O5. The number of nitrogens with two attached hydrogens (primary N) is 2. The number of nitro groups is 1. The monoisotopic (exact) mass is 182 g/mol. The molecule has 0 atom stereocenters. The third-order valence-electron chi connectivity index (χ3n) is 0.423. The molecule has 0 amide bonds. The van der Waals surface area contributed by atoms with Crippen LogP contribution in [0.15, 0.2) is 0 Å². The molecular weight excluding hydrogens is 176 g/mol. The van der Waals surface area contributed by atoms with Gasteiger partial charge in [-0.3, -0.25) is 5.41 Å². The number of nitrogens with one attached hydrogen (secondary N) is 1. The van der Waals surface area contributed by atoms with Gasteiger partial charge in [-0.2, -0.15) is 5.84 Å². The molecule has 0 saturated carbocycles. The molecule has 70 valence electrons. The van der Waals surface area contributed by atoms with E-state index in [4.69, 9.17) is 20.7 Å². The third kappa shape index (κ3) is 10.7. The average Bonchev–Trinajstić information content (AvgIpc) is 1.84. The molecule has 0 aliphatic rings. The van der Waals surface area contributed by atoms with Gasteiger partial charge in [0, 0.05) is 5.12 Å². The molecule has 0 bridgehead atoms. The number of hydrazine groups is 2. The molecule has 0 saturated heterocycles. The highest BCUT2D eigenvalue weighted by Gasteiger charge is 2.09. The summed E-state index contributed by atoms with van der Waals surface area (Å²) in [5.41, 5.74) is 4.58. The zero-order valence-corrected chi connectivity index (χ0v) is 5.58. The maximum Gasteiger partial charge on any atom is 0.291 e. The first-order valence-electron chi connectivity index (χ1n) is 2.15. The van der Waals surface area contributed by atoms with Gasteiger partial charge in [-0.25, -0.2) is 10.1 Å². The fourth-order valence-electron chi connectivity index (χ4n) is 0.0880. The van der Waals surface area contributed by atoms with E-state index < -0.39 is 16.1 Å². The summed E-state index contributed by atoms with van der Waals surface area (Å²) in [6, 6.07) is 0. The molecule has 0 radical (unpaired) electrons. The van der Waals surface area contributed by atoms with Crippen LogP contribution >= 0.6 is 0 Å². The third-order valence-corrected chi connectivity index (χ3v) is 0.423. The van der Waals surface area contributed by atoms with E-state index in [2.05, 4.69) is 11.6 Å². The summed E-state index contributed by atoms with van der Waals surface area (Å²) >= 11 is 0. The van der Waals surface area contributed by atoms with Crippen molar-refractivity contribution in [3.05, 3.63) is 20.2 Å². The highest BCUT2D eigenvalue weighted by Crippen LogP contribution is 1.70. The van der Waals surface area contributed by atoms with Crippen molar-refractivity contribution in [2.24, 2.45) is 11.6 Å². The molecule has 0 spiro atoms. The Morgan fingerprint density at radius 1 is 1.50 bits per heavy atom. The van der Waals surface area contributed by atoms with E-state index in [0.717, 1.165) is 0 Å². The molecule has 0 aliphatic carbocycles. The normalized spacial score (nSPS) is 7.42. The van der Waals surface area contributed by atoms with Gasteiger partial charge in [0.05, 0.1) is 0 Å². The zero-order chi connectivity index (χ0) is 10.3. The van der Waals surface area contributed by atoms with Crippen molar-refractivity contribution >= 4 is 5.96 Å². The Balaban J connectivity index is 0. The molecule has 0 rings (SSSR count). The molecule has 0 aromatic rings. The summed E-state index contributed by atoms with van der Waals surface area (Å²) in [6.07, 6.45) is 0. The fourth-order valence-corrected chi connectivity index (χ4v) is 0.0880. The van der Waals surface area contributed by atoms with Crippen LogP contribution in [0.1, 0.15) is 0 Å². The quantitative estimate of drug-likeness (QED) is 0.117. The SMILES string of the molecule is N=C(N)N(N)[N+](=O)[O-].O=[N+]([O-])O. The number of hydrogen-bond acceptors (Lipinski definition) is 6. The summed E-state index contributed by atoms with van der Waals surface area (Å²) in [7, 11) is 0. The Kier molecular flexibility index (Phi) is 5.84. The highest BCUT2D eigenvalue weighted by molar-refractivity contribution is 5.72. The van der Waals surface area contributed by atoms with Crippen LogP contribution in [0.5, 0.6) is 0 Å². The van der Waals surface area contributed by atoms with Gasteiger partial charge >= 0.3 is 0 Å². The van der Waals surface area contributed by atoms with Gasteiger partial charge in [0.2, 0.25) is 0 Å². The van der Waals surface area contributed by atoms with Crippen molar-refractivity contribution in [2.45, 2.75) is 0 Å². The summed E-state index contributed by atoms with van der Waals surface area (Å²) < 4.78 is 0. The van der Waals surface area contributed by atoms with E-state index in [1.165, 1.54) is 0 Å². The molecule has 0 aliphatic heterocycles. The topological polar surface area (TPSA) is 186 Å². The smallest absolute Gasteiger partial charge is 0.291 e. The fraction of sp³-hybridized carbons (Fsp3) is 0. The van der Waals surface area contributed by atoms with E-state index in [9.17, 15) is 10.1 Å². The Bertz CT molecular complexity index is 170. The second kappa shape index (κ2) is 5.60. The Morgan fingerprint density at radius 3 is 1.75 bits per heavy atom. The van der Waals surface area contributed by atoms with E-state index in [0.29, 0.717) is 0 Å². The Labute approximate surface area is 64.9 Å². The largest absolute Gasteiger partial charge is 0.364 e. The first-order valence-corrected chi connectivity index (χ1v) is 2.15. The minimum atomic E-state index is -1.50. The Hall–Kier alpha value is -2.17. The van der Waals surface area contributed by atoms with Crippen molar-refractivity contribution in [2.75, 3.05) is 0 Å². The van der Waals surface area contributed by atoms with Gasteiger partial charge in [0.15, 0.2) is 5.03 Å². The zero-order valence-electron chi connectivity index (χ0n) is 5.58. The van der Waals surface area contributed by atoms with Crippen LogP contribution in [0, 0.1) is 25.6 Å². The van der Waals surface area contributed by atoms with Crippen LogP contribution < -0.4 is 11.6 Å². The maximum absolute atomic E-state index is 9.53. The highest BCUT2D eigenvalue weighted by atomic mass is 16.9. The number of rotatable bonds is 1. The minimum Gasteiger partial charge on any atom is -0.364 e. The number of guanidine groups is 1. The molecule has 12 heavy (non-hydrogen) atoms. The summed E-state index contributed by atoms with van der Waals surface area (Å²) in [5, 5.41) is 28.5. The van der Waals surface area contributed by atoms with Crippen molar-refractivity contribution in [3.8, 4) is 0 Å². The summed E-state index contributed by atoms with van der Waals surface area (Å²) in [6.45, 7) is 0. The molecule has 0 unspecified atom stereocenters. The van der Waals surface area contributed by atoms with Crippen molar-refractivity contribution < 1.29 is 15.3 Å². The molecule has 11 nitrogen and oxygen atoms in total. The van der Waals surface area contributed by atoms with Gasteiger partial charge in [-0.1, -0.05) is 0 Å². The molecule has 0 aromatic heterocycles. The van der Waals surface area contributed by atoms with Gasteiger partial charge < -0.3 is 10.9 Å². The molecule has 0 aromatic carbocycles. The van der Waals surface area contributed by atoms with E-state index in [1.807, 2.05) is 0 Å². The van der Waals surface area contributed by atoms with Crippen LogP contribution in [0.25, 0.3) is 0 Å². The van der Waals surface area contributed by atoms with Crippen molar-refractivity contribution in [1.82, 2.24) is 5.12 Å². The van der Waals surface area contributed by atoms with E-state index in [-0.39, 0.29) is 5.12 Å². The molecule has 11 heteroatoms. The maximum atomic E-state index is 9.53. The van der Waals surface area contributed by atoms with Crippen LogP contribution in [-0.2, 0) is 0 Å². The second-order valence-corrected chi connectivity index (χ2v) is 1.21. The van der Waals surface area contributed by atoms with Crippen LogP contribution in [0.4, 0.5) is 0 Å². The first kappa shape index (κ1) is 12.5. The van der Waals surface area contributed by atoms with Gasteiger partial charge in [0.25, 0.3) is 11.0 Å². The lowest BCUT2D eigenvalue weighted by Crippen LogP contribution is -2.45. The summed E-state index contributed by atoms with van der Waals surface area (Å²) in [5.74, 6) is 3.75. The van der Waals surface area contributed by atoms with Crippen molar-refractivity contribution in [3.63, 3.8) is 0 Å². The van der Waals surface area contributed by atoms with Crippen molar-refractivity contribution in [1.29, 1.82) is 5.41 Å². The lowest BCUT2D eigenvalue weighted by Gasteiger charge is -2.00. The van der Waals surface area contributed by atoms with Gasteiger partial charge in [0.1, 0.15) is 0 Å². The second-order valence-electron chi connectivity index (χ2n) is 1.21. The first-order chi connectivity index (χ1) is 5.29.